The third kappa shape index (κ3) is 5.52. The summed E-state index contributed by atoms with van der Waals surface area (Å²) < 4.78 is 1.43. The van der Waals surface area contributed by atoms with Gasteiger partial charge < -0.3 is 15.5 Å². The zero-order chi connectivity index (χ0) is 29.2. The number of halogens is 1. The summed E-state index contributed by atoms with van der Waals surface area (Å²) >= 11 is 6.38. The van der Waals surface area contributed by atoms with Crippen molar-refractivity contribution in [2.24, 2.45) is 10.4 Å². The first-order valence-electron chi connectivity index (χ1n) is 12.2. The molecule has 1 aromatic heterocycles. The molecule has 1 fully saturated rings. The van der Waals surface area contributed by atoms with Gasteiger partial charge in [-0.2, -0.15) is 5.10 Å². The molecular weight excluding hydrogens is 540 g/mol. The first-order chi connectivity index (χ1) is 18.9. The number of benzene rings is 2. The van der Waals surface area contributed by atoms with E-state index < -0.39 is 35.6 Å². The van der Waals surface area contributed by atoms with E-state index in [-0.39, 0.29) is 18.2 Å². The summed E-state index contributed by atoms with van der Waals surface area (Å²) in [6.07, 6.45) is 1.48. The Labute approximate surface area is 234 Å². The predicted molar refractivity (Wildman–Crippen MR) is 146 cm³/mol. The Hall–Kier alpha value is -4.33. The number of amidine groups is 1. The lowest BCUT2D eigenvalue weighted by molar-refractivity contribution is -0.134. The van der Waals surface area contributed by atoms with Crippen LogP contribution in [0.25, 0.3) is 5.69 Å². The largest absolute Gasteiger partial charge is 0.463 e. The summed E-state index contributed by atoms with van der Waals surface area (Å²) in [6, 6.07) is 10.2. The van der Waals surface area contributed by atoms with Crippen LogP contribution in [-0.2, 0) is 10.3 Å². The van der Waals surface area contributed by atoms with E-state index >= 15 is 0 Å². The highest BCUT2D eigenvalue weighted by Gasteiger charge is 2.55. The predicted octanol–water partition coefficient (Wildman–Crippen LogP) is 3.06. The zero-order valence-electron chi connectivity index (χ0n) is 22.0. The van der Waals surface area contributed by atoms with Crippen LogP contribution in [0.2, 0.25) is 5.02 Å². The number of aliphatic hydroxyl groups is 1. The van der Waals surface area contributed by atoms with E-state index in [1.54, 1.807) is 47.9 Å². The van der Waals surface area contributed by atoms with Gasteiger partial charge in [0.15, 0.2) is 0 Å². The van der Waals surface area contributed by atoms with E-state index in [9.17, 15) is 19.8 Å². The van der Waals surface area contributed by atoms with E-state index in [1.165, 1.54) is 17.3 Å². The van der Waals surface area contributed by atoms with Crippen molar-refractivity contribution < 1.29 is 25.0 Å². The fourth-order valence-corrected chi connectivity index (χ4v) is 5.05. The van der Waals surface area contributed by atoms with Gasteiger partial charge in [0.2, 0.25) is 5.96 Å². The Morgan fingerprint density at radius 1 is 1.25 bits per heavy atom. The summed E-state index contributed by atoms with van der Waals surface area (Å²) in [4.78, 5) is 35.0. The number of carbonyl (C=O) groups excluding carboxylic acids is 1. The Morgan fingerprint density at radius 2 is 1.95 bits per heavy atom. The van der Waals surface area contributed by atoms with Gasteiger partial charge in [-0.15, -0.1) is 4.99 Å². The van der Waals surface area contributed by atoms with Crippen molar-refractivity contribution in [3.05, 3.63) is 76.8 Å². The highest BCUT2D eigenvalue weighted by molar-refractivity contribution is 6.32. The molecule has 0 radical (unpaired) electrons. The molecule has 0 bridgehead atoms. The smallest absolute Gasteiger partial charge is 0.434 e. The van der Waals surface area contributed by atoms with Crippen molar-refractivity contribution in [3.8, 4) is 5.69 Å². The van der Waals surface area contributed by atoms with E-state index in [0.717, 1.165) is 4.90 Å². The molecule has 0 aliphatic carbocycles. The van der Waals surface area contributed by atoms with Gasteiger partial charge in [-0.05, 0) is 35.1 Å². The molecule has 2 heterocycles. The lowest BCUT2D eigenvalue weighted by Crippen LogP contribution is -2.47. The number of rotatable bonds is 7. The van der Waals surface area contributed by atoms with Crippen LogP contribution in [0.3, 0.4) is 0 Å². The Bertz CT molecular complexity index is 1450. The van der Waals surface area contributed by atoms with E-state index in [1.807, 2.05) is 20.8 Å². The zero-order valence-corrected chi connectivity index (χ0v) is 22.7. The number of aromatic nitrogens is 3. The fourth-order valence-electron chi connectivity index (χ4n) is 4.85. The minimum Gasteiger partial charge on any atom is -0.463 e. The molecule has 6 N–H and O–H groups in total. The molecule has 3 aromatic rings. The fraction of sp³-hybridized carbons (Fsp3) is 0.308. The number of carbonyl (C=O) groups is 2. The summed E-state index contributed by atoms with van der Waals surface area (Å²) in [5.74, 6) is -1.00. The van der Waals surface area contributed by atoms with Gasteiger partial charge >= 0.3 is 6.09 Å². The van der Waals surface area contributed by atoms with Crippen LogP contribution in [0.15, 0.2) is 60.1 Å². The molecule has 1 unspecified atom stereocenters. The number of nitrogens with zero attached hydrogens (tertiary/aromatic N) is 5. The highest BCUT2D eigenvalue weighted by atomic mass is 35.5. The average molecular weight is 569 g/mol. The summed E-state index contributed by atoms with van der Waals surface area (Å²) in [5, 5.41) is 44.6. The molecular formula is C26H29ClN8O5. The van der Waals surface area contributed by atoms with Gasteiger partial charge in [0.05, 0.1) is 23.4 Å². The second kappa shape index (κ2) is 11.0. The molecule has 1 aliphatic rings. The van der Waals surface area contributed by atoms with Crippen LogP contribution in [0.5, 0.6) is 0 Å². The van der Waals surface area contributed by atoms with E-state index in [0.29, 0.717) is 27.4 Å². The number of aliphatic hydroxyl groups excluding tert-OH is 1. The van der Waals surface area contributed by atoms with Gasteiger partial charge in [0, 0.05) is 5.56 Å². The molecule has 13 nitrogen and oxygen atoms in total. The Balaban J connectivity index is 1.87. The minimum atomic E-state index is -1.53. The van der Waals surface area contributed by atoms with Crippen LogP contribution in [0, 0.1) is 10.8 Å². The monoisotopic (exact) mass is 568 g/mol. The van der Waals surface area contributed by atoms with Crippen molar-refractivity contribution in [2.45, 2.75) is 38.8 Å². The number of hydroxylamine groups is 1. The molecule has 14 heteroatoms. The number of amides is 2. The molecule has 1 saturated heterocycles. The molecule has 1 aliphatic heterocycles. The van der Waals surface area contributed by atoms with Gasteiger partial charge in [0.1, 0.15) is 24.0 Å². The second-order valence-electron chi connectivity index (χ2n) is 10.5. The van der Waals surface area contributed by atoms with Crippen molar-refractivity contribution in [3.63, 3.8) is 0 Å². The number of nitrogens with one attached hydrogen (secondary N) is 3. The average Bonchev–Trinajstić information content (AvgIpc) is 3.52. The number of hydrogen-bond donors (Lipinski definition) is 6. The van der Waals surface area contributed by atoms with Gasteiger partial charge in [-0.3, -0.25) is 25.8 Å². The third-order valence-electron chi connectivity index (χ3n) is 6.42. The number of hydrogen-bond acceptors (Lipinski definition) is 7. The van der Waals surface area contributed by atoms with Gasteiger partial charge in [-0.25, -0.2) is 14.5 Å². The summed E-state index contributed by atoms with van der Waals surface area (Å²) in [6.45, 7) is 5.25. The third-order valence-corrected chi connectivity index (χ3v) is 6.74. The maximum Gasteiger partial charge on any atom is 0.434 e. The maximum absolute atomic E-state index is 14.5. The topological polar surface area (TPSA) is 189 Å². The van der Waals surface area contributed by atoms with Crippen molar-refractivity contribution in [1.29, 1.82) is 5.41 Å². The van der Waals surface area contributed by atoms with Crippen LogP contribution in [-0.4, -0.2) is 65.5 Å². The van der Waals surface area contributed by atoms with Gasteiger partial charge in [-0.1, -0.05) is 62.7 Å². The standard InChI is InChI=1S/C26H29ClN8O5/c1-25(2,3)12-26(17-7-4-15(5-8-17)21(28)33-40)22(37)35(23(32-26)31-24(38)39)20(11-36)16-6-9-18(27)19(10-16)34-14-29-13-30-34/h4-10,13-14,20,36,40H,11-12H2,1-3H3,(H2,28,33)(H,31,32)(H,38,39)/t20-,26?/m1/s1. The van der Waals surface area contributed by atoms with Crippen molar-refractivity contribution >= 4 is 35.4 Å². The maximum atomic E-state index is 14.5. The molecule has 2 aromatic carbocycles. The normalized spacial score (nSPS) is 19.0. The van der Waals surface area contributed by atoms with E-state index in [2.05, 4.69) is 20.4 Å². The van der Waals surface area contributed by atoms with Crippen molar-refractivity contribution in [2.75, 3.05) is 6.61 Å². The summed E-state index contributed by atoms with van der Waals surface area (Å²) in [7, 11) is 0. The van der Waals surface area contributed by atoms with Crippen LogP contribution in [0.4, 0.5) is 4.79 Å². The first-order valence-corrected chi connectivity index (χ1v) is 12.6. The molecule has 0 saturated carbocycles. The quantitative estimate of drug-likeness (QED) is 0.141. The lowest BCUT2D eigenvalue weighted by Gasteiger charge is -2.35. The Kier molecular flexibility index (Phi) is 7.91. The lowest BCUT2D eigenvalue weighted by atomic mass is 9.75. The highest BCUT2D eigenvalue weighted by Crippen LogP contribution is 2.42. The Morgan fingerprint density at radius 3 is 2.50 bits per heavy atom. The first kappa shape index (κ1) is 28.7. The SMILES string of the molecule is CC(C)(C)CC1(c2ccc(C(=N)NO)cc2)NC(=NC(=O)O)N([C@H](CO)c2ccc(Cl)c(-n3cncn3)c2)C1=O. The molecule has 210 valence electrons. The summed E-state index contributed by atoms with van der Waals surface area (Å²) in [5.41, 5.74) is 1.64. The number of aliphatic imine (C=N–C) groups is 1. The number of guanidine groups is 1. The van der Waals surface area contributed by atoms with E-state index in [4.69, 9.17) is 22.2 Å². The molecule has 4 rings (SSSR count). The van der Waals surface area contributed by atoms with Crippen molar-refractivity contribution in [1.82, 2.24) is 30.5 Å². The number of carboxylic acid groups (broad SMARTS) is 1. The van der Waals surface area contributed by atoms with Crippen LogP contribution >= 0.6 is 11.6 Å². The molecule has 2 amide bonds. The van der Waals surface area contributed by atoms with Crippen LogP contribution < -0.4 is 10.8 Å². The van der Waals surface area contributed by atoms with Crippen LogP contribution in [0.1, 0.15) is 49.9 Å². The second-order valence-corrected chi connectivity index (χ2v) is 10.9. The molecule has 2 atom stereocenters. The minimum absolute atomic E-state index is 0.228. The molecule has 40 heavy (non-hydrogen) atoms. The molecule has 0 spiro atoms. The van der Waals surface area contributed by atoms with Gasteiger partial charge in [0.25, 0.3) is 5.91 Å².